The van der Waals surface area contributed by atoms with Gasteiger partial charge in [0.25, 0.3) is 0 Å². The summed E-state index contributed by atoms with van der Waals surface area (Å²) in [6, 6.07) is 10.3. The number of aromatic nitrogens is 1. The monoisotopic (exact) mass is 370 g/mol. The Morgan fingerprint density at radius 1 is 1.33 bits per heavy atom. The van der Waals surface area contributed by atoms with Gasteiger partial charge in [0.15, 0.2) is 0 Å². The fourth-order valence-corrected chi connectivity index (χ4v) is 3.17. The molecule has 7 heteroatoms. The third-order valence-electron chi connectivity index (χ3n) is 4.58. The summed E-state index contributed by atoms with van der Waals surface area (Å²) in [5.74, 6) is -0.548. The number of halogens is 1. The maximum absolute atomic E-state index is 13.7. The van der Waals surface area contributed by atoms with Crippen LogP contribution in [0.15, 0.2) is 42.6 Å². The van der Waals surface area contributed by atoms with Crippen molar-refractivity contribution < 1.29 is 14.0 Å². The van der Waals surface area contributed by atoms with Gasteiger partial charge in [-0.05, 0) is 37.6 Å². The molecule has 0 spiro atoms. The molecule has 1 fully saturated rings. The SMILES string of the molecule is Cc1c(F)cccc1NC(=O)CN(Cc1ccccn1)C[C@@H]1CCC(=O)N1. The third-order valence-corrected chi connectivity index (χ3v) is 4.58. The van der Waals surface area contributed by atoms with E-state index in [1.54, 1.807) is 25.3 Å². The first-order valence-electron chi connectivity index (χ1n) is 8.98. The van der Waals surface area contributed by atoms with Crippen molar-refractivity contribution in [2.24, 2.45) is 0 Å². The standard InChI is InChI=1S/C20H23FN4O2/c1-14-17(21)6-4-7-18(14)24-20(27)13-25(11-15-5-2-3-10-22-15)12-16-8-9-19(26)23-16/h2-7,10,16H,8-9,11-13H2,1H3,(H,23,26)(H,24,27)/t16-/m0/s1. The lowest BCUT2D eigenvalue weighted by molar-refractivity contribution is -0.119. The minimum Gasteiger partial charge on any atom is -0.352 e. The zero-order valence-electron chi connectivity index (χ0n) is 15.2. The molecule has 1 aliphatic heterocycles. The van der Waals surface area contributed by atoms with Gasteiger partial charge in [0, 0.05) is 43.0 Å². The Morgan fingerprint density at radius 2 is 2.19 bits per heavy atom. The molecule has 1 aliphatic rings. The van der Waals surface area contributed by atoms with E-state index < -0.39 is 0 Å². The van der Waals surface area contributed by atoms with Crippen molar-refractivity contribution in [3.8, 4) is 0 Å². The number of amides is 2. The molecule has 0 aliphatic carbocycles. The zero-order valence-corrected chi connectivity index (χ0v) is 15.2. The molecule has 1 aromatic carbocycles. The summed E-state index contributed by atoms with van der Waals surface area (Å²) in [5, 5.41) is 5.70. The first-order valence-corrected chi connectivity index (χ1v) is 8.98. The fourth-order valence-electron chi connectivity index (χ4n) is 3.17. The molecule has 2 heterocycles. The number of benzene rings is 1. The number of carbonyl (C=O) groups excluding carboxylic acids is 2. The molecule has 142 valence electrons. The van der Waals surface area contributed by atoms with E-state index in [1.165, 1.54) is 6.07 Å². The number of rotatable bonds is 7. The van der Waals surface area contributed by atoms with Gasteiger partial charge in [-0.1, -0.05) is 12.1 Å². The predicted molar refractivity (Wildman–Crippen MR) is 100 cm³/mol. The summed E-state index contributed by atoms with van der Waals surface area (Å²) >= 11 is 0. The Morgan fingerprint density at radius 3 is 2.89 bits per heavy atom. The summed E-state index contributed by atoms with van der Waals surface area (Å²) in [4.78, 5) is 30.3. The molecular weight excluding hydrogens is 347 g/mol. The first-order chi connectivity index (χ1) is 13.0. The minimum absolute atomic E-state index is 0.0184. The molecule has 1 saturated heterocycles. The highest BCUT2D eigenvalue weighted by Crippen LogP contribution is 2.17. The van der Waals surface area contributed by atoms with E-state index in [9.17, 15) is 14.0 Å². The summed E-state index contributed by atoms with van der Waals surface area (Å²) in [6.07, 6.45) is 2.97. The van der Waals surface area contributed by atoms with Crippen molar-refractivity contribution in [2.75, 3.05) is 18.4 Å². The Kier molecular flexibility index (Phi) is 6.13. The molecule has 0 unspecified atom stereocenters. The number of nitrogens with one attached hydrogen (secondary N) is 2. The van der Waals surface area contributed by atoms with E-state index >= 15 is 0 Å². The Hall–Kier alpha value is -2.80. The number of anilines is 1. The van der Waals surface area contributed by atoms with Gasteiger partial charge in [-0.2, -0.15) is 0 Å². The molecular formula is C20H23FN4O2. The van der Waals surface area contributed by atoms with Crippen LogP contribution in [0.25, 0.3) is 0 Å². The summed E-state index contributed by atoms with van der Waals surface area (Å²) in [7, 11) is 0. The molecule has 27 heavy (non-hydrogen) atoms. The van der Waals surface area contributed by atoms with E-state index in [-0.39, 0.29) is 30.2 Å². The van der Waals surface area contributed by atoms with Crippen LogP contribution in [0.1, 0.15) is 24.1 Å². The first kappa shape index (κ1) is 19.0. The number of hydrogen-bond donors (Lipinski definition) is 2. The molecule has 0 bridgehead atoms. The molecule has 2 N–H and O–H groups in total. The quantitative estimate of drug-likeness (QED) is 0.784. The highest BCUT2D eigenvalue weighted by molar-refractivity contribution is 5.93. The highest BCUT2D eigenvalue weighted by atomic mass is 19.1. The Balaban J connectivity index is 1.66. The van der Waals surface area contributed by atoms with Crippen LogP contribution in [-0.4, -0.2) is 40.8 Å². The van der Waals surface area contributed by atoms with Crippen molar-refractivity contribution in [3.05, 3.63) is 59.7 Å². The van der Waals surface area contributed by atoms with E-state index in [2.05, 4.69) is 15.6 Å². The molecule has 2 aromatic rings. The average Bonchev–Trinajstić information content (AvgIpc) is 3.04. The summed E-state index contributed by atoms with van der Waals surface area (Å²) < 4.78 is 13.7. The van der Waals surface area contributed by atoms with Gasteiger partial charge in [0.2, 0.25) is 11.8 Å². The molecule has 0 saturated carbocycles. The maximum atomic E-state index is 13.7. The van der Waals surface area contributed by atoms with Crippen molar-refractivity contribution in [1.29, 1.82) is 0 Å². The summed E-state index contributed by atoms with van der Waals surface area (Å²) in [6.45, 7) is 2.80. The van der Waals surface area contributed by atoms with Crippen LogP contribution in [0.3, 0.4) is 0 Å². The topological polar surface area (TPSA) is 74.3 Å². The van der Waals surface area contributed by atoms with E-state index in [0.717, 1.165) is 12.1 Å². The smallest absolute Gasteiger partial charge is 0.238 e. The van der Waals surface area contributed by atoms with Gasteiger partial charge >= 0.3 is 0 Å². The minimum atomic E-state index is -0.355. The van der Waals surface area contributed by atoms with Crippen molar-refractivity contribution >= 4 is 17.5 Å². The van der Waals surface area contributed by atoms with Crippen LogP contribution in [0.4, 0.5) is 10.1 Å². The molecule has 2 amide bonds. The fraction of sp³-hybridized carbons (Fsp3) is 0.350. The molecule has 6 nitrogen and oxygen atoms in total. The van der Waals surface area contributed by atoms with Gasteiger partial charge in [-0.25, -0.2) is 4.39 Å². The van der Waals surface area contributed by atoms with Gasteiger partial charge in [0.1, 0.15) is 5.82 Å². The van der Waals surface area contributed by atoms with Gasteiger partial charge in [0.05, 0.1) is 12.2 Å². The second-order valence-corrected chi connectivity index (χ2v) is 6.75. The number of hydrogen-bond acceptors (Lipinski definition) is 4. The number of pyridine rings is 1. The zero-order chi connectivity index (χ0) is 19.2. The van der Waals surface area contributed by atoms with Gasteiger partial charge in [-0.15, -0.1) is 0 Å². The highest BCUT2D eigenvalue weighted by Gasteiger charge is 2.24. The van der Waals surface area contributed by atoms with Crippen molar-refractivity contribution in [3.63, 3.8) is 0 Å². The van der Waals surface area contributed by atoms with Gasteiger partial charge < -0.3 is 10.6 Å². The largest absolute Gasteiger partial charge is 0.352 e. The van der Waals surface area contributed by atoms with Crippen LogP contribution in [-0.2, 0) is 16.1 Å². The van der Waals surface area contributed by atoms with Crippen molar-refractivity contribution in [2.45, 2.75) is 32.4 Å². The van der Waals surface area contributed by atoms with Crippen molar-refractivity contribution in [1.82, 2.24) is 15.2 Å². The molecule has 1 atom stereocenters. The molecule has 3 rings (SSSR count). The van der Waals surface area contributed by atoms with E-state index in [0.29, 0.717) is 30.8 Å². The summed E-state index contributed by atoms with van der Waals surface area (Å²) in [5.41, 5.74) is 1.72. The third kappa shape index (κ3) is 5.34. The lowest BCUT2D eigenvalue weighted by Gasteiger charge is -2.24. The molecule has 0 radical (unpaired) electrons. The molecule has 1 aromatic heterocycles. The van der Waals surface area contributed by atoms with Crippen LogP contribution >= 0.6 is 0 Å². The Bertz CT molecular complexity index is 813. The van der Waals surface area contributed by atoms with E-state index in [4.69, 9.17) is 0 Å². The van der Waals surface area contributed by atoms with Gasteiger partial charge in [-0.3, -0.25) is 19.5 Å². The Labute approximate surface area is 157 Å². The number of carbonyl (C=O) groups is 2. The lowest BCUT2D eigenvalue weighted by Crippen LogP contribution is -2.42. The lowest BCUT2D eigenvalue weighted by atomic mass is 10.2. The van der Waals surface area contributed by atoms with E-state index in [1.807, 2.05) is 23.1 Å². The van der Waals surface area contributed by atoms with Crippen LogP contribution in [0.2, 0.25) is 0 Å². The van der Waals surface area contributed by atoms with Crippen LogP contribution < -0.4 is 10.6 Å². The predicted octanol–water partition coefficient (Wildman–Crippen LogP) is 2.25. The number of nitrogens with zero attached hydrogens (tertiary/aromatic N) is 2. The second kappa shape index (κ2) is 8.73. The van der Waals surface area contributed by atoms with Crippen LogP contribution in [0.5, 0.6) is 0 Å². The average molecular weight is 370 g/mol. The normalized spacial score (nSPS) is 16.4. The second-order valence-electron chi connectivity index (χ2n) is 6.75. The van der Waals surface area contributed by atoms with Crippen LogP contribution in [0, 0.1) is 12.7 Å². The maximum Gasteiger partial charge on any atom is 0.238 e.